The Labute approximate surface area is 128 Å². The lowest BCUT2D eigenvalue weighted by Crippen LogP contribution is -2.00. The van der Waals surface area contributed by atoms with E-state index in [0.717, 1.165) is 16.8 Å². The Kier molecular flexibility index (Phi) is 3.63. The van der Waals surface area contributed by atoms with E-state index in [1.54, 1.807) is 13.0 Å². The molecular weight excluding hydrogens is 277 g/mol. The zero-order valence-electron chi connectivity index (χ0n) is 12.5. The Hall–Kier alpha value is -2.68. The lowest BCUT2D eigenvalue weighted by Gasteiger charge is -2.06. The Morgan fingerprint density at radius 2 is 1.77 bits per heavy atom. The minimum absolute atomic E-state index is 0.00602. The first kappa shape index (κ1) is 14.3. The molecule has 0 saturated carbocycles. The van der Waals surface area contributed by atoms with Crippen molar-refractivity contribution in [2.75, 3.05) is 0 Å². The SMILES string of the molecule is CC(=O)c1c(-c2ccccc2)cn(-c2cccc(F)c2)c1C. The Morgan fingerprint density at radius 3 is 2.41 bits per heavy atom. The van der Waals surface area contributed by atoms with E-state index in [1.165, 1.54) is 12.1 Å². The van der Waals surface area contributed by atoms with Gasteiger partial charge >= 0.3 is 0 Å². The number of carbonyl (C=O) groups is 1. The predicted molar refractivity (Wildman–Crippen MR) is 85.9 cm³/mol. The number of Topliss-reactive ketones (excluding diaryl/α,β-unsaturated/α-hetero) is 1. The smallest absolute Gasteiger partial charge is 0.162 e. The van der Waals surface area contributed by atoms with Crippen LogP contribution in [0.25, 0.3) is 16.8 Å². The lowest BCUT2D eigenvalue weighted by molar-refractivity contribution is 0.101. The molecule has 3 heteroatoms. The van der Waals surface area contributed by atoms with Gasteiger partial charge in [0, 0.05) is 28.7 Å². The van der Waals surface area contributed by atoms with E-state index in [0.29, 0.717) is 11.3 Å². The zero-order chi connectivity index (χ0) is 15.7. The van der Waals surface area contributed by atoms with Gasteiger partial charge in [-0.1, -0.05) is 36.4 Å². The van der Waals surface area contributed by atoms with Crippen LogP contribution in [0.3, 0.4) is 0 Å². The second-order valence-electron chi connectivity index (χ2n) is 5.28. The first-order chi connectivity index (χ1) is 10.6. The number of rotatable bonds is 3. The third-order valence-electron chi connectivity index (χ3n) is 3.77. The molecule has 0 aliphatic carbocycles. The highest BCUT2D eigenvalue weighted by molar-refractivity contribution is 6.02. The van der Waals surface area contributed by atoms with Crippen molar-refractivity contribution in [1.29, 1.82) is 0 Å². The highest BCUT2D eigenvalue weighted by Crippen LogP contribution is 2.30. The maximum absolute atomic E-state index is 13.5. The summed E-state index contributed by atoms with van der Waals surface area (Å²) in [5.41, 5.74) is 4.05. The highest BCUT2D eigenvalue weighted by atomic mass is 19.1. The maximum atomic E-state index is 13.5. The van der Waals surface area contributed by atoms with Crippen LogP contribution >= 0.6 is 0 Å². The third kappa shape index (κ3) is 2.46. The number of benzene rings is 2. The molecule has 0 spiro atoms. The molecule has 2 aromatic carbocycles. The molecule has 0 amide bonds. The Balaban J connectivity index is 2.24. The fourth-order valence-electron chi connectivity index (χ4n) is 2.78. The second kappa shape index (κ2) is 5.60. The molecule has 0 radical (unpaired) electrons. The van der Waals surface area contributed by atoms with Crippen LogP contribution in [0.15, 0.2) is 60.8 Å². The van der Waals surface area contributed by atoms with Gasteiger partial charge in [-0.05, 0) is 37.6 Å². The standard InChI is InChI=1S/C19H16FNO/c1-13-19(14(2)22)18(15-7-4-3-5-8-15)12-21(13)17-10-6-9-16(20)11-17/h3-12H,1-2H3. The maximum Gasteiger partial charge on any atom is 0.162 e. The van der Waals surface area contributed by atoms with E-state index in [-0.39, 0.29) is 11.6 Å². The quantitative estimate of drug-likeness (QED) is 0.636. The molecule has 1 aromatic heterocycles. The summed E-state index contributed by atoms with van der Waals surface area (Å²) in [4.78, 5) is 12.1. The van der Waals surface area contributed by atoms with Crippen LogP contribution in [0.5, 0.6) is 0 Å². The minimum Gasteiger partial charge on any atom is -0.320 e. The molecule has 0 aliphatic rings. The van der Waals surface area contributed by atoms with Crippen LogP contribution in [0.4, 0.5) is 4.39 Å². The first-order valence-corrected chi connectivity index (χ1v) is 7.12. The molecule has 0 fully saturated rings. The highest BCUT2D eigenvalue weighted by Gasteiger charge is 2.18. The number of nitrogens with zero attached hydrogens (tertiary/aromatic N) is 1. The first-order valence-electron chi connectivity index (χ1n) is 7.12. The molecule has 0 bridgehead atoms. The number of hydrogen-bond donors (Lipinski definition) is 0. The van der Waals surface area contributed by atoms with Crippen molar-refractivity contribution in [1.82, 2.24) is 4.57 Å². The van der Waals surface area contributed by atoms with E-state index >= 15 is 0 Å². The van der Waals surface area contributed by atoms with Crippen LogP contribution in [0, 0.1) is 12.7 Å². The fraction of sp³-hybridized carbons (Fsp3) is 0.105. The monoisotopic (exact) mass is 293 g/mol. The topological polar surface area (TPSA) is 22.0 Å². The summed E-state index contributed by atoms with van der Waals surface area (Å²) >= 11 is 0. The molecule has 3 rings (SSSR count). The van der Waals surface area contributed by atoms with Crippen LogP contribution in [0.2, 0.25) is 0 Å². The molecule has 110 valence electrons. The van der Waals surface area contributed by atoms with Crippen molar-refractivity contribution in [3.63, 3.8) is 0 Å². The van der Waals surface area contributed by atoms with Gasteiger partial charge < -0.3 is 4.57 Å². The van der Waals surface area contributed by atoms with Gasteiger partial charge in [0.25, 0.3) is 0 Å². The number of hydrogen-bond acceptors (Lipinski definition) is 1. The average molecular weight is 293 g/mol. The van der Waals surface area contributed by atoms with E-state index < -0.39 is 0 Å². The van der Waals surface area contributed by atoms with Crippen molar-refractivity contribution < 1.29 is 9.18 Å². The van der Waals surface area contributed by atoms with Gasteiger partial charge in [-0.2, -0.15) is 0 Å². The van der Waals surface area contributed by atoms with Crippen molar-refractivity contribution in [3.05, 3.63) is 77.9 Å². The molecule has 1 heterocycles. The largest absolute Gasteiger partial charge is 0.320 e. The Morgan fingerprint density at radius 1 is 1.05 bits per heavy atom. The molecule has 0 unspecified atom stereocenters. The van der Waals surface area contributed by atoms with Gasteiger partial charge in [0.1, 0.15) is 5.82 Å². The van der Waals surface area contributed by atoms with Crippen LogP contribution in [-0.4, -0.2) is 10.4 Å². The second-order valence-corrected chi connectivity index (χ2v) is 5.28. The van der Waals surface area contributed by atoms with Crippen molar-refractivity contribution >= 4 is 5.78 Å². The number of ketones is 1. The molecular formula is C19H16FNO. The summed E-state index contributed by atoms with van der Waals surface area (Å²) in [6.45, 7) is 3.44. The van der Waals surface area contributed by atoms with Crippen molar-refractivity contribution in [3.8, 4) is 16.8 Å². The summed E-state index contributed by atoms with van der Waals surface area (Å²) < 4.78 is 15.4. The number of halogens is 1. The van der Waals surface area contributed by atoms with E-state index in [2.05, 4.69) is 0 Å². The molecule has 2 nitrogen and oxygen atoms in total. The van der Waals surface area contributed by atoms with Gasteiger partial charge in [-0.3, -0.25) is 4.79 Å². The van der Waals surface area contributed by atoms with Crippen LogP contribution in [-0.2, 0) is 0 Å². The molecule has 0 N–H and O–H groups in total. The van der Waals surface area contributed by atoms with Gasteiger partial charge in [0.2, 0.25) is 0 Å². The van der Waals surface area contributed by atoms with Gasteiger partial charge in [-0.25, -0.2) is 4.39 Å². The lowest BCUT2D eigenvalue weighted by atomic mass is 10.0. The average Bonchev–Trinajstić information content (AvgIpc) is 2.86. The summed E-state index contributed by atoms with van der Waals surface area (Å²) in [7, 11) is 0. The van der Waals surface area contributed by atoms with Crippen LogP contribution in [0.1, 0.15) is 23.0 Å². The summed E-state index contributed by atoms with van der Waals surface area (Å²) in [6.07, 6.45) is 1.90. The molecule has 3 aromatic rings. The minimum atomic E-state index is -0.295. The van der Waals surface area contributed by atoms with Crippen molar-refractivity contribution in [2.24, 2.45) is 0 Å². The normalized spacial score (nSPS) is 10.7. The molecule has 0 aliphatic heterocycles. The number of aromatic nitrogens is 1. The van der Waals surface area contributed by atoms with Gasteiger partial charge in [0.05, 0.1) is 0 Å². The van der Waals surface area contributed by atoms with E-state index in [4.69, 9.17) is 0 Å². The number of carbonyl (C=O) groups excluding carboxylic acids is 1. The summed E-state index contributed by atoms with van der Waals surface area (Å²) in [5.74, 6) is -0.289. The fourth-order valence-corrected chi connectivity index (χ4v) is 2.78. The zero-order valence-corrected chi connectivity index (χ0v) is 12.5. The molecule has 0 saturated heterocycles. The predicted octanol–water partition coefficient (Wildman–Crippen LogP) is 4.79. The van der Waals surface area contributed by atoms with Crippen molar-refractivity contribution in [2.45, 2.75) is 13.8 Å². The summed E-state index contributed by atoms with van der Waals surface area (Å²) in [6, 6.07) is 16.1. The molecule has 22 heavy (non-hydrogen) atoms. The molecule has 0 atom stereocenters. The van der Waals surface area contributed by atoms with Gasteiger partial charge in [-0.15, -0.1) is 0 Å². The summed E-state index contributed by atoms with van der Waals surface area (Å²) in [5, 5.41) is 0. The van der Waals surface area contributed by atoms with Crippen LogP contribution < -0.4 is 0 Å². The van der Waals surface area contributed by atoms with Gasteiger partial charge in [0.15, 0.2) is 5.78 Å². The third-order valence-corrected chi connectivity index (χ3v) is 3.77. The Bertz CT molecular complexity index is 834. The van der Waals surface area contributed by atoms with E-state index in [9.17, 15) is 9.18 Å². The van der Waals surface area contributed by atoms with E-state index in [1.807, 2.05) is 54.1 Å².